The summed E-state index contributed by atoms with van der Waals surface area (Å²) in [5.74, 6) is -0.0476. The van der Waals surface area contributed by atoms with Crippen molar-refractivity contribution in [3.05, 3.63) is 89.5 Å². The second kappa shape index (κ2) is 8.49. The second-order valence-corrected chi connectivity index (χ2v) is 8.88. The van der Waals surface area contributed by atoms with Crippen LogP contribution in [0.1, 0.15) is 41.3 Å². The van der Waals surface area contributed by atoms with E-state index in [4.69, 9.17) is 0 Å². The molecular weight excluding hydrogens is 384 g/mol. The van der Waals surface area contributed by atoms with Crippen molar-refractivity contribution in [2.45, 2.75) is 31.6 Å². The molecule has 29 heavy (non-hydrogen) atoms. The van der Waals surface area contributed by atoms with Crippen LogP contribution in [0.25, 0.3) is 0 Å². The van der Waals surface area contributed by atoms with E-state index in [2.05, 4.69) is 23.9 Å². The van der Waals surface area contributed by atoms with Crippen molar-refractivity contribution in [2.75, 3.05) is 10.0 Å². The summed E-state index contributed by atoms with van der Waals surface area (Å²) in [5.41, 5.74) is 3.21. The Morgan fingerprint density at radius 1 is 0.897 bits per heavy atom. The standard InChI is InChI=1S/C23H24N2O3S/c1-16(2)18-7-6-8-19(15-18)24-23(26)21-9-4-5-10-22(21)25-29(27,28)20-13-11-17(3)12-14-20/h4-16,25H,1-3H3,(H,24,26). The number of para-hydroxylation sites is 1. The van der Waals surface area contributed by atoms with Crippen LogP contribution in [-0.4, -0.2) is 14.3 Å². The highest BCUT2D eigenvalue weighted by atomic mass is 32.2. The van der Waals surface area contributed by atoms with Gasteiger partial charge < -0.3 is 5.32 Å². The molecule has 0 atom stereocenters. The first-order valence-electron chi connectivity index (χ1n) is 9.36. The quantitative estimate of drug-likeness (QED) is 0.591. The van der Waals surface area contributed by atoms with E-state index in [0.29, 0.717) is 11.6 Å². The average Bonchev–Trinajstić information content (AvgIpc) is 2.68. The SMILES string of the molecule is Cc1ccc(S(=O)(=O)Nc2ccccc2C(=O)Nc2cccc(C(C)C)c2)cc1. The van der Waals surface area contributed by atoms with Crippen molar-refractivity contribution in [1.82, 2.24) is 0 Å². The predicted octanol–water partition coefficient (Wildman–Crippen LogP) is 5.17. The number of benzene rings is 3. The van der Waals surface area contributed by atoms with Crippen molar-refractivity contribution < 1.29 is 13.2 Å². The van der Waals surface area contributed by atoms with Crippen LogP contribution in [0.3, 0.4) is 0 Å². The number of anilines is 2. The largest absolute Gasteiger partial charge is 0.322 e. The lowest BCUT2D eigenvalue weighted by Gasteiger charge is -2.14. The fraction of sp³-hybridized carbons (Fsp3) is 0.174. The minimum Gasteiger partial charge on any atom is -0.322 e. The van der Waals surface area contributed by atoms with E-state index in [1.807, 2.05) is 31.2 Å². The highest BCUT2D eigenvalue weighted by Crippen LogP contribution is 2.23. The predicted molar refractivity (Wildman–Crippen MR) is 117 cm³/mol. The lowest BCUT2D eigenvalue weighted by Crippen LogP contribution is -2.18. The summed E-state index contributed by atoms with van der Waals surface area (Å²) < 4.78 is 28.0. The van der Waals surface area contributed by atoms with Crippen LogP contribution in [-0.2, 0) is 10.0 Å². The third-order valence-electron chi connectivity index (χ3n) is 4.56. The number of amides is 1. The van der Waals surface area contributed by atoms with Gasteiger partial charge in [0.25, 0.3) is 15.9 Å². The van der Waals surface area contributed by atoms with E-state index >= 15 is 0 Å². The highest BCUT2D eigenvalue weighted by molar-refractivity contribution is 7.92. The van der Waals surface area contributed by atoms with E-state index in [-0.39, 0.29) is 22.1 Å². The van der Waals surface area contributed by atoms with Gasteiger partial charge in [-0.15, -0.1) is 0 Å². The van der Waals surface area contributed by atoms with Gasteiger partial charge in [0, 0.05) is 5.69 Å². The molecule has 0 aliphatic heterocycles. The summed E-state index contributed by atoms with van der Waals surface area (Å²) in [6.07, 6.45) is 0. The maximum atomic E-state index is 12.8. The Kier molecular flexibility index (Phi) is 6.03. The number of hydrogen-bond donors (Lipinski definition) is 2. The summed E-state index contributed by atoms with van der Waals surface area (Å²) in [6.45, 7) is 6.05. The van der Waals surface area contributed by atoms with Gasteiger partial charge in [0.05, 0.1) is 16.1 Å². The van der Waals surface area contributed by atoms with Crippen molar-refractivity contribution in [1.29, 1.82) is 0 Å². The van der Waals surface area contributed by atoms with E-state index in [1.54, 1.807) is 36.4 Å². The van der Waals surface area contributed by atoms with Crippen LogP contribution in [0.5, 0.6) is 0 Å². The lowest BCUT2D eigenvalue weighted by atomic mass is 10.0. The molecular formula is C23H24N2O3S. The molecule has 2 N–H and O–H groups in total. The average molecular weight is 409 g/mol. The minimum absolute atomic E-state index is 0.142. The van der Waals surface area contributed by atoms with Crippen LogP contribution in [0, 0.1) is 6.92 Å². The van der Waals surface area contributed by atoms with Gasteiger partial charge >= 0.3 is 0 Å². The Morgan fingerprint density at radius 3 is 2.28 bits per heavy atom. The van der Waals surface area contributed by atoms with Crippen molar-refractivity contribution in [2.24, 2.45) is 0 Å². The topological polar surface area (TPSA) is 75.3 Å². The lowest BCUT2D eigenvalue weighted by molar-refractivity contribution is 0.102. The molecule has 0 radical (unpaired) electrons. The fourth-order valence-electron chi connectivity index (χ4n) is 2.87. The van der Waals surface area contributed by atoms with Crippen molar-refractivity contribution in [3.63, 3.8) is 0 Å². The van der Waals surface area contributed by atoms with Gasteiger partial charge in [0.2, 0.25) is 0 Å². The van der Waals surface area contributed by atoms with Crippen LogP contribution >= 0.6 is 0 Å². The highest BCUT2D eigenvalue weighted by Gasteiger charge is 2.18. The van der Waals surface area contributed by atoms with Crippen LogP contribution in [0.15, 0.2) is 77.7 Å². The second-order valence-electron chi connectivity index (χ2n) is 7.20. The maximum absolute atomic E-state index is 12.8. The Morgan fingerprint density at radius 2 is 1.59 bits per heavy atom. The molecule has 3 aromatic rings. The van der Waals surface area contributed by atoms with Gasteiger partial charge in [-0.3, -0.25) is 9.52 Å². The third kappa shape index (κ3) is 5.03. The molecule has 0 fully saturated rings. The molecule has 5 nitrogen and oxygen atoms in total. The molecule has 0 spiro atoms. The minimum atomic E-state index is -3.81. The van der Waals surface area contributed by atoms with E-state index < -0.39 is 10.0 Å². The van der Waals surface area contributed by atoms with Crippen LogP contribution in [0.4, 0.5) is 11.4 Å². The zero-order chi connectivity index (χ0) is 21.0. The number of sulfonamides is 1. The van der Waals surface area contributed by atoms with E-state index in [0.717, 1.165) is 11.1 Å². The van der Waals surface area contributed by atoms with Crippen molar-refractivity contribution in [3.8, 4) is 0 Å². The monoisotopic (exact) mass is 408 g/mol. The van der Waals surface area contributed by atoms with Gasteiger partial charge in [0.15, 0.2) is 0 Å². The molecule has 0 aliphatic carbocycles. The Labute approximate surface area is 171 Å². The van der Waals surface area contributed by atoms with E-state index in [1.165, 1.54) is 12.1 Å². The smallest absolute Gasteiger partial charge is 0.261 e. The molecule has 0 bridgehead atoms. The van der Waals surface area contributed by atoms with Crippen LogP contribution < -0.4 is 10.0 Å². The van der Waals surface area contributed by atoms with Crippen molar-refractivity contribution >= 4 is 27.3 Å². The van der Waals surface area contributed by atoms with E-state index in [9.17, 15) is 13.2 Å². The Balaban J connectivity index is 1.86. The summed E-state index contributed by atoms with van der Waals surface area (Å²) in [5, 5.41) is 2.85. The van der Waals surface area contributed by atoms with Gasteiger partial charge in [-0.05, 0) is 54.8 Å². The summed E-state index contributed by atoms with van der Waals surface area (Å²) in [6, 6.07) is 20.7. The molecule has 0 saturated heterocycles. The van der Waals surface area contributed by atoms with Gasteiger partial charge in [-0.2, -0.15) is 0 Å². The number of hydrogen-bond acceptors (Lipinski definition) is 3. The third-order valence-corrected chi connectivity index (χ3v) is 5.94. The zero-order valence-electron chi connectivity index (χ0n) is 16.6. The zero-order valence-corrected chi connectivity index (χ0v) is 17.5. The summed E-state index contributed by atoms with van der Waals surface area (Å²) in [7, 11) is -3.81. The molecule has 3 rings (SSSR count). The molecule has 6 heteroatoms. The molecule has 0 unspecified atom stereocenters. The Bertz CT molecular complexity index is 1120. The van der Waals surface area contributed by atoms with Crippen LogP contribution in [0.2, 0.25) is 0 Å². The molecule has 0 aliphatic rings. The first kappa shape index (κ1) is 20.6. The normalized spacial score (nSPS) is 11.3. The summed E-state index contributed by atoms with van der Waals surface area (Å²) in [4.78, 5) is 13.0. The van der Waals surface area contributed by atoms with Gasteiger partial charge in [-0.25, -0.2) is 8.42 Å². The molecule has 0 aromatic heterocycles. The molecule has 150 valence electrons. The molecule has 1 amide bonds. The fourth-order valence-corrected chi connectivity index (χ4v) is 3.94. The number of nitrogens with one attached hydrogen (secondary N) is 2. The first-order chi connectivity index (χ1) is 13.8. The number of rotatable bonds is 6. The Hall–Kier alpha value is -3.12. The summed E-state index contributed by atoms with van der Waals surface area (Å²) >= 11 is 0. The molecule has 0 saturated carbocycles. The number of carbonyl (C=O) groups is 1. The van der Waals surface area contributed by atoms with Gasteiger partial charge in [0.1, 0.15) is 0 Å². The number of aryl methyl sites for hydroxylation is 1. The maximum Gasteiger partial charge on any atom is 0.261 e. The first-order valence-corrected chi connectivity index (χ1v) is 10.8. The molecule has 0 heterocycles. The molecule has 3 aromatic carbocycles. The van der Waals surface area contributed by atoms with Gasteiger partial charge in [-0.1, -0.05) is 55.8 Å². The number of carbonyl (C=O) groups excluding carboxylic acids is 1.